The quantitative estimate of drug-likeness (QED) is 0.893. The molecule has 2 atom stereocenters. The van der Waals surface area contributed by atoms with Crippen LogP contribution in [0.4, 0.5) is 14.9 Å². The predicted octanol–water partition coefficient (Wildman–Crippen LogP) is 2.99. The number of carbonyl (C=O) groups is 2. The summed E-state index contributed by atoms with van der Waals surface area (Å²) in [5.74, 6) is 1.01. The molecule has 130 valence electrons. The molecule has 1 aliphatic heterocycles. The lowest BCUT2D eigenvalue weighted by molar-refractivity contribution is -0.133. The summed E-state index contributed by atoms with van der Waals surface area (Å²) in [6, 6.07) is 5.04. The predicted molar refractivity (Wildman–Crippen MR) is 90.1 cm³/mol. The highest BCUT2D eigenvalue weighted by atomic mass is 19.1. The van der Waals surface area contributed by atoms with Gasteiger partial charge < -0.3 is 15.5 Å². The van der Waals surface area contributed by atoms with Gasteiger partial charge in [-0.2, -0.15) is 0 Å². The molecule has 0 aromatic heterocycles. The van der Waals surface area contributed by atoms with Crippen LogP contribution in [-0.4, -0.2) is 36.5 Å². The Kier molecular flexibility index (Phi) is 5.33. The minimum Gasteiger partial charge on any atom is -0.341 e. The van der Waals surface area contributed by atoms with E-state index in [4.69, 9.17) is 0 Å². The number of rotatable bonds is 3. The van der Waals surface area contributed by atoms with Gasteiger partial charge in [0.1, 0.15) is 5.82 Å². The molecule has 5 nitrogen and oxygen atoms in total. The fourth-order valence-electron chi connectivity index (χ4n) is 3.80. The van der Waals surface area contributed by atoms with Gasteiger partial charge >= 0.3 is 6.03 Å². The zero-order valence-corrected chi connectivity index (χ0v) is 13.8. The lowest BCUT2D eigenvalue weighted by Crippen LogP contribution is -2.48. The van der Waals surface area contributed by atoms with E-state index in [1.54, 1.807) is 0 Å². The van der Waals surface area contributed by atoms with Crippen molar-refractivity contribution >= 4 is 17.6 Å². The summed E-state index contributed by atoms with van der Waals surface area (Å²) < 4.78 is 12.8. The number of hydrogen-bond acceptors (Lipinski definition) is 2. The number of carbonyl (C=O) groups excluding carboxylic acids is 2. The zero-order chi connectivity index (χ0) is 16.9. The Morgan fingerprint density at radius 3 is 2.54 bits per heavy atom. The summed E-state index contributed by atoms with van der Waals surface area (Å²) in [6.07, 6.45) is 6.18. The van der Waals surface area contributed by atoms with Gasteiger partial charge in [-0.05, 0) is 48.9 Å². The molecule has 1 aromatic carbocycles. The van der Waals surface area contributed by atoms with E-state index in [0.717, 1.165) is 25.4 Å². The molecule has 1 saturated carbocycles. The third kappa shape index (κ3) is 4.24. The van der Waals surface area contributed by atoms with Crippen molar-refractivity contribution < 1.29 is 14.0 Å². The van der Waals surface area contributed by atoms with E-state index in [1.807, 2.05) is 4.90 Å². The van der Waals surface area contributed by atoms with Gasteiger partial charge in [0.15, 0.2) is 0 Å². The monoisotopic (exact) mass is 333 g/mol. The molecule has 3 rings (SSSR count). The van der Waals surface area contributed by atoms with E-state index in [1.165, 1.54) is 49.9 Å². The molecule has 0 radical (unpaired) electrons. The molecule has 24 heavy (non-hydrogen) atoms. The van der Waals surface area contributed by atoms with Gasteiger partial charge in [-0.15, -0.1) is 0 Å². The first kappa shape index (κ1) is 16.7. The van der Waals surface area contributed by atoms with Crippen molar-refractivity contribution in [3.63, 3.8) is 0 Å². The molecule has 0 bridgehead atoms. The first-order valence-corrected chi connectivity index (χ1v) is 8.70. The number of urea groups is 1. The Morgan fingerprint density at radius 1 is 1.08 bits per heavy atom. The van der Waals surface area contributed by atoms with Crippen molar-refractivity contribution in [2.75, 3.05) is 25.0 Å². The summed E-state index contributed by atoms with van der Waals surface area (Å²) in [7, 11) is 0. The Hall–Kier alpha value is -2.11. The van der Waals surface area contributed by atoms with Crippen LogP contribution < -0.4 is 10.6 Å². The first-order valence-electron chi connectivity index (χ1n) is 8.70. The number of fused-ring (bicyclic) bond motifs is 1. The molecule has 2 aliphatic rings. The van der Waals surface area contributed by atoms with E-state index in [0.29, 0.717) is 11.6 Å². The van der Waals surface area contributed by atoms with Crippen molar-refractivity contribution in [3.05, 3.63) is 30.1 Å². The molecule has 3 amide bonds. The Labute approximate surface area is 141 Å². The summed E-state index contributed by atoms with van der Waals surface area (Å²) in [5.41, 5.74) is 0.490. The number of likely N-dealkylation sites (tertiary alicyclic amines) is 1. The van der Waals surface area contributed by atoms with Crippen molar-refractivity contribution in [1.29, 1.82) is 0 Å². The fourth-order valence-corrected chi connectivity index (χ4v) is 3.80. The summed E-state index contributed by atoms with van der Waals surface area (Å²) in [5, 5.41) is 5.17. The van der Waals surface area contributed by atoms with Crippen LogP contribution >= 0.6 is 0 Å². The number of halogens is 1. The van der Waals surface area contributed by atoms with Crippen LogP contribution in [-0.2, 0) is 4.79 Å². The maximum Gasteiger partial charge on any atom is 0.319 e. The van der Waals surface area contributed by atoms with Crippen molar-refractivity contribution in [1.82, 2.24) is 10.2 Å². The second-order valence-electron chi connectivity index (χ2n) is 6.75. The highest BCUT2D eigenvalue weighted by Gasteiger charge is 2.32. The minimum absolute atomic E-state index is 0.00951. The van der Waals surface area contributed by atoms with Crippen molar-refractivity contribution in [2.45, 2.75) is 32.1 Å². The summed E-state index contributed by atoms with van der Waals surface area (Å²) in [6.45, 7) is 1.61. The Bertz CT molecular complexity index is 590. The summed E-state index contributed by atoms with van der Waals surface area (Å²) in [4.78, 5) is 26.0. The van der Waals surface area contributed by atoms with Gasteiger partial charge in [0.25, 0.3) is 0 Å². The highest BCUT2D eigenvalue weighted by Crippen LogP contribution is 2.35. The second-order valence-corrected chi connectivity index (χ2v) is 6.75. The minimum atomic E-state index is -0.456. The number of hydrogen-bond donors (Lipinski definition) is 2. The molecule has 1 aromatic rings. The van der Waals surface area contributed by atoms with E-state index < -0.39 is 6.03 Å². The van der Waals surface area contributed by atoms with Crippen LogP contribution in [0.25, 0.3) is 0 Å². The number of anilines is 1. The van der Waals surface area contributed by atoms with Gasteiger partial charge in [-0.1, -0.05) is 19.3 Å². The van der Waals surface area contributed by atoms with Gasteiger partial charge in [-0.3, -0.25) is 4.79 Å². The second kappa shape index (κ2) is 7.64. The maximum absolute atomic E-state index is 12.8. The van der Waals surface area contributed by atoms with Crippen LogP contribution in [0.1, 0.15) is 32.1 Å². The molecule has 1 saturated heterocycles. The molecule has 1 aliphatic carbocycles. The van der Waals surface area contributed by atoms with E-state index in [9.17, 15) is 14.0 Å². The van der Waals surface area contributed by atoms with Crippen LogP contribution in [0.2, 0.25) is 0 Å². The average molecular weight is 333 g/mol. The normalized spacial score (nSPS) is 23.3. The third-order valence-electron chi connectivity index (χ3n) is 5.15. The first-order chi connectivity index (χ1) is 11.6. The molecule has 1 heterocycles. The molecule has 2 N–H and O–H groups in total. The SMILES string of the molecule is O=C(NCC(=O)N1CCC2CCCCC2C1)Nc1ccc(F)cc1. The largest absolute Gasteiger partial charge is 0.341 e. The third-order valence-corrected chi connectivity index (χ3v) is 5.15. The fraction of sp³-hybridized carbons (Fsp3) is 0.556. The zero-order valence-electron chi connectivity index (χ0n) is 13.8. The lowest BCUT2D eigenvalue weighted by Gasteiger charge is -2.41. The Balaban J connectivity index is 1.43. The van der Waals surface area contributed by atoms with Crippen molar-refractivity contribution in [3.8, 4) is 0 Å². The molecule has 0 spiro atoms. The van der Waals surface area contributed by atoms with Gasteiger partial charge in [0.05, 0.1) is 6.54 Å². The van der Waals surface area contributed by atoms with Crippen molar-refractivity contribution in [2.24, 2.45) is 11.8 Å². The molecular weight excluding hydrogens is 309 g/mol. The summed E-state index contributed by atoms with van der Waals surface area (Å²) >= 11 is 0. The number of nitrogens with one attached hydrogen (secondary N) is 2. The topological polar surface area (TPSA) is 61.4 Å². The van der Waals surface area contributed by atoms with E-state index in [-0.39, 0.29) is 18.3 Å². The van der Waals surface area contributed by atoms with Gasteiger partial charge in [0, 0.05) is 18.8 Å². The van der Waals surface area contributed by atoms with Crippen LogP contribution in [0, 0.1) is 17.7 Å². The average Bonchev–Trinajstić information content (AvgIpc) is 2.61. The number of amides is 3. The van der Waals surface area contributed by atoms with Crippen LogP contribution in [0.5, 0.6) is 0 Å². The van der Waals surface area contributed by atoms with Crippen LogP contribution in [0.3, 0.4) is 0 Å². The molecular formula is C18H24FN3O2. The lowest BCUT2D eigenvalue weighted by atomic mass is 9.75. The van der Waals surface area contributed by atoms with E-state index >= 15 is 0 Å². The van der Waals surface area contributed by atoms with E-state index in [2.05, 4.69) is 10.6 Å². The number of benzene rings is 1. The van der Waals surface area contributed by atoms with Gasteiger partial charge in [0.2, 0.25) is 5.91 Å². The standard InChI is InChI=1S/C18H24FN3O2/c19-15-5-7-16(8-6-15)21-18(24)20-11-17(23)22-10-9-13-3-1-2-4-14(13)12-22/h5-8,13-14H,1-4,9-12H2,(H2,20,21,24). The van der Waals surface area contributed by atoms with Gasteiger partial charge in [-0.25, -0.2) is 9.18 Å². The molecule has 6 heteroatoms. The highest BCUT2D eigenvalue weighted by molar-refractivity contribution is 5.92. The number of nitrogens with zero attached hydrogens (tertiary/aromatic N) is 1. The number of piperidine rings is 1. The maximum atomic E-state index is 12.8. The van der Waals surface area contributed by atoms with Crippen LogP contribution in [0.15, 0.2) is 24.3 Å². The molecule has 2 fully saturated rings. The molecule has 2 unspecified atom stereocenters. The Morgan fingerprint density at radius 2 is 1.79 bits per heavy atom. The smallest absolute Gasteiger partial charge is 0.319 e.